The highest BCUT2D eigenvalue weighted by Gasteiger charge is 2.41. The van der Waals surface area contributed by atoms with Crippen LogP contribution in [0.2, 0.25) is 0 Å². The Morgan fingerprint density at radius 2 is 1.28 bits per heavy atom. The number of rotatable bonds is 13. The summed E-state index contributed by atoms with van der Waals surface area (Å²) in [6, 6.07) is 48.3. The van der Waals surface area contributed by atoms with Crippen LogP contribution in [-0.4, -0.2) is 52.8 Å². The molecular weight excluding hydrogens is 709 g/mol. The molecule has 0 spiro atoms. The highest BCUT2D eigenvalue weighted by Crippen LogP contribution is 2.42. The normalized spacial score (nSPS) is 11.4. The number of aryl methyl sites for hydroxylation is 2. The number of esters is 1. The minimum atomic E-state index is -0.828. The predicted octanol–water partition coefficient (Wildman–Crippen LogP) is 8.99. The quantitative estimate of drug-likeness (QED) is 0.0848. The number of carbonyl (C=O) groups is 1. The Bertz CT molecular complexity index is 2490. The summed E-state index contributed by atoms with van der Waals surface area (Å²) in [5.74, 6) is 1.14. The first kappa shape index (κ1) is 36.9. The van der Waals surface area contributed by atoms with E-state index >= 15 is 0 Å². The number of ether oxygens (including phenoxy) is 1. The van der Waals surface area contributed by atoms with E-state index in [0.29, 0.717) is 18.1 Å². The van der Waals surface area contributed by atoms with Gasteiger partial charge in [-0.25, -0.2) is 24.4 Å². The molecule has 0 aliphatic rings. The minimum absolute atomic E-state index is 0.0376. The van der Waals surface area contributed by atoms with Gasteiger partial charge >= 0.3 is 5.97 Å². The molecule has 0 radical (unpaired) electrons. The van der Waals surface area contributed by atoms with Crippen molar-refractivity contribution >= 4 is 5.97 Å². The van der Waals surface area contributed by atoms with Gasteiger partial charge in [0.25, 0.3) is 0 Å². The molecule has 0 atom stereocenters. The summed E-state index contributed by atoms with van der Waals surface area (Å²) < 4.78 is 8.95. The second-order valence-corrected chi connectivity index (χ2v) is 14.0. The maximum Gasteiger partial charge on any atom is 0.376 e. The third kappa shape index (κ3) is 7.25. The van der Waals surface area contributed by atoms with Crippen molar-refractivity contribution < 1.29 is 9.53 Å². The Morgan fingerprint density at radius 3 is 1.82 bits per heavy atom. The summed E-state index contributed by atoms with van der Waals surface area (Å²) in [7, 11) is 1.32. The molecule has 0 bridgehead atoms. The van der Waals surface area contributed by atoms with Crippen LogP contribution < -0.4 is 0 Å². The molecule has 3 heterocycles. The van der Waals surface area contributed by atoms with Crippen molar-refractivity contribution in [1.82, 2.24) is 39.7 Å². The van der Waals surface area contributed by atoms with Crippen LogP contribution in [-0.2, 0) is 23.2 Å². The van der Waals surface area contributed by atoms with E-state index in [1.807, 2.05) is 29.8 Å². The number of hydrogen-bond donors (Lipinski definition) is 0. The molecule has 10 nitrogen and oxygen atoms in total. The van der Waals surface area contributed by atoms with Crippen LogP contribution in [0.5, 0.6) is 0 Å². The standard InChI is InChI=1S/C47H42N8O2/c1-4-5-21-43-50-42(41-30-48-44(46(56)57-3)49-33(41)2)32-54(43)31-34-22-24-35(25-23-34)36-26-28-37(29-27-36)45-51-52-53-55(45)47(38-15-9-6-10-16-38,39-17-11-7-12-18-39)40-19-13-8-14-20-40/h6-20,22-30,32H,4-5,21,31H2,1-3H3. The molecule has 0 amide bonds. The zero-order valence-electron chi connectivity index (χ0n) is 32.2. The van der Waals surface area contributed by atoms with E-state index in [2.05, 4.69) is 159 Å². The van der Waals surface area contributed by atoms with Gasteiger partial charge in [-0.3, -0.25) is 0 Å². The average Bonchev–Trinajstić information content (AvgIpc) is 3.92. The van der Waals surface area contributed by atoms with E-state index in [9.17, 15) is 4.79 Å². The molecule has 8 aromatic rings. The van der Waals surface area contributed by atoms with Gasteiger partial charge in [0.15, 0.2) is 5.82 Å². The number of carbonyl (C=O) groups excluding carboxylic acids is 1. The second kappa shape index (κ2) is 16.3. The van der Waals surface area contributed by atoms with Gasteiger partial charge in [-0.05, 0) is 57.2 Å². The van der Waals surface area contributed by atoms with Crippen LogP contribution in [0, 0.1) is 6.92 Å². The topological polar surface area (TPSA) is 114 Å². The lowest BCUT2D eigenvalue weighted by Gasteiger charge is -2.36. The molecule has 0 fully saturated rings. The number of benzene rings is 5. The van der Waals surface area contributed by atoms with Crippen molar-refractivity contribution in [2.75, 3.05) is 7.11 Å². The molecule has 0 aliphatic carbocycles. The number of nitrogens with zero attached hydrogens (tertiary/aromatic N) is 8. The molecule has 0 saturated heterocycles. The first-order valence-corrected chi connectivity index (χ1v) is 19.1. The monoisotopic (exact) mass is 750 g/mol. The molecule has 57 heavy (non-hydrogen) atoms. The summed E-state index contributed by atoms with van der Waals surface area (Å²) in [5, 5.41) is 13.6. The Morgan fingerprint density at radius 1 is 0.719 bits per heavy atom. The summed E-state index contributed by atoms with van der Waals surface area (Å²) in [5.41, 5.74) is 8.83. The maximum absolute atomic E-state index is 12.0. The van der Waals surface area contributed by atoms with Gasteiger partial charge in [-0.2, -0.15) is 0 Å². The van der Waals surface area contributed by atoms with E-state index in [1.54, 1.807) is 6.20 Å². The van der Waals surface area contributed by atoms with Gasteiger partial charge in [0, 0.05) is 36.5 Å². The maximum atomic E-state index is 12.0. The van der Waals surface area contributed by atoms with Crippen LogP contribution in [0.4, 0.5) is 0 Å². The van der Waals surface area contributed by atoms with Crippen LogP contribution in [0.3, 0.4) is 0 Å². The third-order valence-corrected chi connectivity index (χ3v) is 10.4. The predicted molar refractivity (Wildman–Crippen MR) is 220 cm³/mol. The lowest BCUT2D eigenvalue weighted by molar-refractivity contribution is 0.0586. The minimum Gasteiger partial charge on any atom is -0.463 e. The number of unbranched alkanes of at least 4 members (excludes halogenated alkanes) is 1. The SMILES string of the molecule is CCCCc1nc(-c2cnc(C(=O)OC)nc2C)cn1Cc1ccc(-c2ccc(-c3nnnn3C(c3ccccc3)(c3ccccc3)c3ccccc3)cc2)cc1. The molecule has 8 rings (SSSR count). The molecular formula is C47H42N8O2. The van der Waals surface area contributed by atoms with Crippen LogP contribution in [0.15, 0.2) is 152 Å². The molecule has 0 saturated carbocycles. The van der Waals surface area contributed by atoms with Gasteiger partial charge < -0.3 is 9.30 Å². The molecule has 0 aliphatic heterocycles. The van der Waals surface area contributed by atoms with E-state index in [1.165, 1.54) is 7.11 Å². The van der Waals surface area contributed by atoms with Crippen molar-refractivity contribution in [2.45, 2.75) is 45.2 Å². The molecule has 0 N–H and O–H groups in total. The number of aromatic nitrogens is 8. The fraction of sp³-hybridized carbons (Fsp3) is 0.170. The zero-order valence-corrected chi connectivity index (χ0v) is 32.2. The van der Waals surface area contributed by atoms with Gasteiger partial charge in [0.05, 0.1) is 18.5 Å². The smallest absolute Gasteiger partial charge is 0.376 e. The van der Waals surface area contributed by atoms with Gasteiger partial charge in [0.2, 0.25) is 5.82 Å². The highest BCUT2D eigenvalue weighted by molar-refractivity contribution is 5.85. The van der Waals surface area contributed by atoms with Gasteiger partial charge in [-0.15, -0.1) is 5.10 Å². The van der Waals surface area contributed by atoms with Crippen LogP contribution in [0.25, 0.3) is 33.8 Å². The van der Waals surface area contributed by atoms with Crippen LogP contribution in [0.1, 0.15) is 64.2 Å². The van der Waals surface area contributed by atoms with E-state index in [4.69, 9.17) is 14.9 Å². The highest BCUT2D eigenvalue weighted by atomic mass is 16.5. The number of imidazole rings is 1. The molecule has 3 aromatic heterocycles. The second-order valence-electron chi connectivity index (χ2n) is 14.0. The van der Waals surface area contributed by atoms with Gasteiger partial charge in [0.1, 0.15) is 11.4 Å². The number of tetrazole rings is 1. The fourth-order valence-electron chi connectivity index (χ4n) is 7.47. The molecule has 0 unspecified atom stereocenters. The zero-order chi connectivity index (χ0) is 39.2. The molecule has 5 aromatic carbocycles. The van der Waals surface area contributed by atoms with Crippen LogP contribution >= 0.6 is 0 Å². The Hall–Kier alpha value is -7.07. The summed E-state index contributed by atoms with van der Waals surface area (Å²) in [6.45, 7) is 4.70. The lowest BCUT2D eigenvalue weighted by Crippen LogP contribution is -2.39. The molecule has 282 valence electrons. The van der Waals surface area contributed by atoms with Gasteiger partial charge in [-0.1, -0.05) is 153 Å². The Labute approximate surface area is 331 Å². The molecule has 10 heteroatoms. The summed E-state index contributed by atoms with van der Waals surface area (Å²) in [6.07, 6.45) is 6.65. The largest absolute Gasteiger partial charge is 0.463 e. The Kier molecular flexibility index (Phi) is 10.6. The lowest BCUT2D eigenvalue weighted by atomic mass is 9.77. The number of methoxy groups -OCH3 is 1. The third-order valence-electron chi connectivity index (χ3n) is 10.4. The van der Waals surface area contributed by atoms with E-state index in [0.717, 1.165) is 75.3 Å². The summed E-state index contributed by atoms with van der Waals surface area (Å²) in [4.78, 5) is 25.6. The number of hydrogen-bond acceptors (Lipinski definition) is 8. The van der Waals surface area contributed by atoms with Crippen molar-refractivity contribution in [3.8, 4) is 33.8 Å². The average molecular weight is 751 g/mol. The van der Waals surface area contributed by atoms with E-state index in [-0.39, 0.29) is 5.82 Å². The first-order chi connectivity index (χ1) is 28.0. The summed E-state index contributed by atoms with van der Waals surface area (Å²) >= 11 is 0. The Balaban J connectivity index is 1.08. The van der Waals surface area contributed by atoms with E-state index < -0.39 is 11.5 Å². The van der Waals surface area contributed by atoms with Crippen molar-refractivity contribution in [3.63, 3.8) is 0 Å². The van der Waals surface area contributed by atoms with Crippen molar-refractivity contribution in [1.29, 1.82) is 0 Å². The fourth-order valence-corrected chi connectivity index (χ4v) is 7.47. The first-order valence-electron chi connectivity index (χ1n) is 19.1. The van der Waals surface area contributed by atoms with Crippen molar-refractivity contribution in [2.24, 2.45) is 0 Å². The van der Waals surface area contributed by atoms with Crippen molar-refractivity contribution in [3.05, 3.63) is 192 Å².